The number of carbonyl (C=O) groups excluding carboxylic acids is 1. The average Bonchev–Trinajstić information content (AvgIpc) is 2.54. The molecule has 0 saturated carbocycles. The molecule has 0 aromatic heterocycles. The molecule has 3 nitrogen and oxygen atoms in total. The normalized spacial score (nSPS) is 22.2. The van der Waals surface area contributed by atoms with Crippen LogP contribution in [0.25, 0.3) is 0 Å². The fourth-order valence-electron chi connectivity index (χ4n) is 2.57. The molecule has 1 aromatic carbocycles. The van der Waals surface area contributed by atoms with E-state index in [4.69, 9.17) is 11.6 Å². The SMILES string of the molecule is CN1CCCN(C)C(C(=O)Cc2ccccc2Cl)C1. The molecule has 2 rings (SSSR count). The molecular formula is C15H21ClN2O. The van der Waals surface area contributed by atoms with Gasteiger partial charge in [0.25, 0.3) is 0 Å². The summed E-state index contributed by atoms with van der Waals surface area (Å²) < 4.78 is 0. The maximum absolute atomic E-state index is 12.5. The van der Waals surface area contributed by atoms with Crippen LogP contribution >= 0.6 is 11.6 Å². The Morgan fingerprint density at radius 1 is 1.32 bits per heavy atom. The van der Waals surface area contributed by atoms with E-state index in [1.165, 1.54) is 0 Å². The van der Waals surface area contributed by atoms with Gasteiger partial charge in [-0.1, -0.05) is 29.8 Å². The summed E-state index contributed by atoms with van der Waals surface area (Å²) >= 11 is 6.13. The lowest BCUT2D eigenvalue weighted by Gasteiger charge is -2.26. The summed E-state index contributed by atoms with van der Waals surface area (Å²) in [7, 11) is 4.11. The first kappa shape index (κ1) is 14.5. The third-order valence-corrected chi connectivity index (χ3v) is 4.13. The van der Waals surface area contributed by atoms with Crippen molar-refractivity contribution in [1.29, 1.82) is 0 Å². The number of rotatable bonds is 3. The number of carbonyl (C=O) groups is 1. The molecule has 0 aliphatic carbocycles. The van der Waals surface area contributed by atoms with E-state index in [2.05, 4.69) is 16.8 Å². The summed E-state index contributed by atoms with van der Waals surface area (Å²) in [4.78, 5) is 16.9. The molecule has 1 aromatic rings. The number of halogens is 1. The lowest BCUT2D eigenvalue weighted by molar-refractivity contribution is -0.123. The standard InChI is InChI=1S/C15H21ClN2O/c1-17-8-5-9-18(2)14(11-17)15(19)10-12-6-3-4-7-13(12)16/h3-4,6-7,14H,5,8-11H2,1-2H3. The molecule has 1 aliphatic rings. The zero-order valence-corrected chi connectivity index (χ0v) is 12.4. The van der Waals surface area contributed by atoms with Crippen molar-refractivity contribution in [2.24, 2.45) is 0 Å². The number of nitrogens with zero attached hydrogens (tertiary/aromatic N) is 2. The summed E-state index contributed by atoms with van der Waals surface area (Å²) in [6, 6.07) is 7.57. The lowest BCUT2D eigenvalue weighted by atomic mass is 10.0. The summed E-state index contributed by atoms with van der Waals surface area (Å²) in [6.07, 6.45) is 1.53. The quantitative estimate of drug-likeness (QED) is 0.847. The Balaban J connectivity index is 2.08. The average molecular weight is 281 g/mol. The second kappa shape index (κ2) is 6.51. The predicted octanol–water partition coefficient (Wildman–Crippen LogP) is 2.09. The Morgan fingerprint density at radius 3 is 2.79 bits per heavy atom. The third-order valence-electron chi connectivity index (χ3n) is 3.76. The summed E-state index contributed by atoms with van der Waals surface area (Å²) in [5.41, 5.74) is 0.925. The molecule has 0 N–H and O–H groups in total. The van der Waals surface area contributed by atoms with Gasteiger partial charge in [-0.05, 0) is 45.2 Å². The lowest BCUT2D eigenvalue weighted by Crippen LogP contribution is -2.44. The summed E-state index contributed by atoms with van der Waals surface area (Å²) in [5, 5.41) is 0.681. The Kier molecular flexibility index (Phi) is 4.97. The highest BCUT2D eigenvalue weighted by molar-refractivity contribution is 6.31. The van der Waals surface area contributed by atoms with Crippen molar-refractivity contribution in [2.45, 2.75) is 18.9 Å². The molecule has 1 unspecified atom stereocenters. The smallest absolute Gasteiger partial charge is 0.155 e. The van der Waals surface area contributed by atoms with E-state index in [0.29, 0.717) is 11.4 Å². The van der Waals surface area contributed by atoms with E-state index in [1.54, 1.807) is 0 Å². The van der Waals surface area contributed by atoms with Gasteiger partial charge in [0.15, 0.2) is 5.78 Å². The maximum Gasteiger partial charge on any atom is 0.155 e. The first-order valence-electron chi connectivity index (χ1n) is 6.73. The molecule has 0 bridgehead atoms. The Hall–Kier alpha value is -0.900. The number of hydrogen-bond donors (Lipinski definition) is 0. The number of Topliss-reactive ketones (excluding diaryl/α,β-unsaturated/α-hetero) is 1. The molecule has 0 spiro atoms. The van der Waals surface area contributed by atoms with Gasteiger partial charge in [-0.15, -0.1) is 0 Å². The van der Waals surface area contributed by atoms with E-state index in [9.17, 15) is 4.79 Å². The molecule has 1 fully saturated rings. The molecular weight excluding hydrogens is 260 g/mol. The largest absolute Gasteiger partial charge is 0.304 e. The highest BCUT2D eigenvalue weighted by Crippen LogP contribution is 2.18. The van der Waals surface area contributed by atoms with E-state index in [-0.39, 0.29) is 11.8 Å². The van der Waals surface area contributed by atoms with E-state index >= 15 is 0 Å². The van der Waals surface area contributed by atoms with E-state index in [1.807, 2.05) is 31.3 Å². The van der Waals surface area contributed by atoms with Crippen molar-refractivity contribution in [3.05, 3.63) is 34.9 Å². The van der Waals surface area contributed by atoms with Crippen molar-refractivity contribution in [1.82, 2.24) is 9.80 Å². The summed E-state index contributed by atoms with van der Waals surface area (Å²) in [6.45, 7) is 2.84. The van der Waals surface area contributed by atoms with Crippen LogP contribution in [0.2, 0.25) is 5.02 Å². The number of hydrogen-bond acceptors (Lipinski definition) is 3. The topological polar surface area (TPSA) is 23.6 Å². The zero-order valence-electron chi connectivity index (χ0n) is 11.6. The van der Waals surface area contributed by atoms with Crippen molar-refractivity contribution < 1.29 is 4.79 Å². The van der Waals surface area contributed by atoms with Gasteiger partial charge in [0.2, 0.25) is 0 Å². The van der Waals surface area contributed by atoms with Gasteiger partial charge in [0.1, 0.15) is 0 Å². The molecule has 104 valence electrons. The van der Waals surface area contributed by atoms with Crippen LogP contribution in [-0.2, 0) is 11.2 Å². The second-order valence-electron chi connectivity index (χ2n) is 5.35. The van der Waals surface area contributed by atoms with Gasteiger partial charge in [0.05, 0.1) is 6.04 Å². The zero-order chi connectivity index (χ0) is 13.8. The fraction of sp³-hybridized carbons (Fsp3) is 0.533. The van der Waals surface area contributed by atoms with Crippen LogP contribution in [0.15, 0.2) is 24.3 Å². The first-order chi connectivity index (χ1) is 9.08. The van der Waals surface area contributed by atoms with E-state index in [0.717, 1.165) is 31.6 Å². The van der Waals surface area contributed by atoms with Crippen molar-refractivity contribution in [2.75, 3.05) is 33.7 Å². The predicted molar refractivity (Wildman–Crippen MR) is 78.7 cm³/mol. The highest BCUT2D eigenvalue weighted by atomic mass is 35.5. The molecule has 1 atom stereocenters. The van der Waals surface area contributed by atoms with Gasteiger partial charge < -0.3 is 4.90 Å². The highest BCUT2D eigenvalue weighted by Gasteiger charge is 2.26. The molecule has 1 heterocycles. The van der Waals surface area contributed by atoms with Crippen LogP contribution in [0.1, 0.15) is 12.0 Å². The molecule has 1 saturated heterocycles. The van der Waals surface area contributed by atoms with Crippen LogP contribution in [-0.4, -0.2) is 55.4 Å². The van der Waals surface area contributed by atoms with Crippen LogP contribution < -0.4 is 0 Å². The monoisotopic (exact) mass is 280 g/mol. The van der Waals surface area contributed by atoms with Gasteiger partial charge in [-0.25, -0.2) is 0 Å². The number of likely N-dealkylation sites (N-methyl/N-ethyl adjacent to an activating group) is 2. The molecule has 1 aliphatic heterocycles. The minimum atomic E-state index is -0.0243. The van der Waals surface area contributed by atoms with Crippen molar-refractivity contribution >= 4 is 17.4 Å². The van der Waals surface area contributed by atoms with Gasteiger partial charge in [0, 0.05) is 18.0 Å². The number of benzene rings is 1. The second-order valence-corrected chi connectivity index (χ2v) is 5.75. The van der Waals surface area contributed by atoms with Crippen LogP contribution in [0.5, 0.6) is 0 Å². The molecule has 19 heavy (non-hydrogen) atoms. The Labute approximate surface area is 120 Å². The minimum absolute atomic E-state index is 0.0243. The molecule has 0 radical (unpaired) electrons. The van der Waals surface area contributed by atoms with Crippen molar-refractivity contribution in [3.63, 3.8) is 0 Å². The van der Waals surface area contributed by atoms with Crippen LogP contribution in [0, 0.1) is 0 Å². The summed E-state index contributed by atoms with van der Waals surface area (Å²) in [5.74, 6) is 0.254. The van der Waals surface area contributed by atoms with Gasteiger partial charge >= 0.3 is 0 Å². The van der Waals surface area contributed by atoms with Gasteiger partial charge in [-0.2, -0.15) is 0 Å². The van der Waals surface area contributed by atoms with Gasteiger partial charge in [-0.3, -0.25) is 9.69 Å². The minimum Gasteiger partial charge on any atom is -0.304 e. The first-order valence-corrected chi connectivity index (χ1v) is 7.10. The third kappa shape index (κ3) is 3.78. The van der Waals surface area contributed by atoms with E-state index < -0.39 is 0 Å². The Bertz CT molecular complexity index is 450. The fourth-order valence-corrected chi connectivity index (χ4v) is 2.77. The van der Waals surface area contributed by atoms with Crippen molar-refractivity contribution in [3.8, 4) is 0 Å². The number of ketones is 1. The molecule has 0 amide bonds. The molecule has 4 heteroatoms. The van der Waals surface area contributed by atoms with Crippen LogP contribution in [0.4, 0.5) is 0 Å². The van der Waals surface area contributed by atoms with Crippen LogP contribution in [0.3, 0.4) is 0 Å². The Morgan fingerprint density at radius 2 is 2.05 bits per heavy atom. The maximum atomic E-state index is 12.5.